The molecular formula is C19H19N3O4S. The van der Waals surface area contributed by atoms with Crippen molar-refractivity contribution in [1.82, 2.24) is 8.96 Å². The van der Waals surface area contributed by atoms with Crippen LogP contribution in [0.15, 0.2) is 53.7 Å². The van der Waals surface area contributed by atoms with Gasteiger partial charge in [-0.2, -0.15) is 0 Å². The SMILES string of the molecule is CC(=O)N1CC(C)(C)Oc2ccc(S(=O)(=O)n3cnc4ccccc43)cc21. The molecule has 1 amide bonds. The van der Waals surface area contributed by atoms with Crippen molar-refractivity contribution in [1.29, 1.82) is 0 Å². The van der Waals surface area contributed by atoms with Crippen LogP contribution in [0.5, 0.6) is 5.75 Å². The van der Waals surface area contributed by atoms with E-state index in [1.165, 1.54) is 25.4 Å². The van der Waals surface area contributed by atoms with Crippen LogP contribution in [0.3, 0.4) is 0 Å². The Morgan fingerprint density at radius 2 is 1.93 bits per heavy atom. The van der Waals surface area contributed by atoms with E-state index in [1.54, 1.807) is 35.2 Å². The van der Waals surface area contributed by atoms with Crippen LogP contribution in [0.25, 0.3) is 11.0 Å². The first kappa shape index (κ1) is 17.5. The summed E-state index contributed by atoms with van der Waals surface area (Å²) in [6, 6.07) is 11.6. The molecule has 0 unspecified atom stereocenters. The summed E-state index contributed by atoms with van der Waals surface area (Å²) in [5, 5.41) is 0. The monoisotopic (exact) mass is 385 g/mol. The van der Waals surface area contributed by atoms with Gasteiger partial charge < -0.3 is 9.64 Å². The summed E-state index contributed by atoms with van der Waals surface area (Å²) in [6.07, 6.45) is 1.29. The number of carbonyl (C=O) groups excluding carboxylic acids is 1. The first-order valence-corrected chi connectivity index (χ1v) is 9.92. The molecule has 1 aliphatic heterocycles. The van der Waals surface area contributed by atoms with E-state index < -0.39 is 15.6 Å². The molecule has 0 saturated carbocycles. The molecule has 0 aliphatic carbocycles. The minimum absolute atomic E-state index is 0.0685. The number of amides is 1. The van der Waals surface area contributed by atoms with E-state index in [9.17, 15) is 13.2 Å². The third kappa shape index (κ3) is 2.86. The lowest BCUT2D eigenvalue weighted by molar-refractivity contribution is -0.117. The predicted molar refractivity (Wildman–Crippen MR) is 101 cm³/mol. The number of carbonyl (C=O) groups is 1. The van der Waals surface area contributed by atoms with Crippen LogP contribution in [0.1, 0.15) is 20.8 Å². The van der Waals surface area contributed by atoms with Gasteiger partial charge in [0, 0.05) is 6.92 Å². The quantitative estimate of drug-likeness (QED) is 0.678. The van der Waals surface area contributed by atoms with Crippen LogP contribution in [0.4, 0.5) is 5.69 Å². The molecule has 140 valence electrons. The molecule has 27 heavy (non-hydrogen) atoms. The summed E-state index contributed by atoms with van der Waals surface area (Å²) in [5.41, 5.74) is 0.984. The number of aromatic nitrogens is 2. The van der Waals surface area contributed by atoms with E-state index in [2.05, 4.69) is 4.98 Å². The molecule has 1 aromatic heterocycles. The largest absolute Gasteiger partial charge is 0.484 e. The fourth-order valence-electron chi connectivity index (χ4n) is 3.27. The number of rotatable bonds is 2. The predicted octanol–water partition coefficient (Wildman–Crippen LogP) is 2.80. The Morgan fingerprint density at radius 3 is 2.67 bits per heavy atom. The van der Waals surface area contributed by atoms with Gasteiger partial charge >= 0.3 is 0 Å². The number of ether oxygens (including phenoxy) is 1. The molecule has 2 aromatic carbocycles. The summed E-state index contributed by atoms with van der Waals surface area (Å²) >= 11 is 0. The van der Waals surface area contributed by atoms with E-state index in [1.807, 2.05) is 13.8 Å². The maximum atomic E-state index is 13.2. The second-order valence-electron chi connectivity index (χ2n) is 7.13. The number of hydrogen-bond acceptors (Lipinski definition) is 5. The van der Waals surface area contributed by atoms with Crippen molar-refractivity contribution in [2.75, 3.05) is 11.4 Å². The Labute approximate surface area is 157 Å². The van der Waals surface area contributed by atoms with Gasteiger partial charge in [-0.25, -0.2) is 17.4 Å². The van der Waals surface area contributed by atoms with Crippen LogP contribution in [-0.4, -0.2) is 35.4 Å². The highest BCUT2D eigenvalue weighted by Gasteiger charge is 2.34. The fraction of sp³-hybridized carbons (Fsp3) is 0.263. The molecule has 7 nitrogen and oxygen atoms in total. The van der Waals surface area contributed by atoms with Crippen LogP contribution in [-0.2, 0) is 14.8 Å². The summed E-state index contributed by atoms with van der Waals surface area (Å²) < 4.78 is 33.4. The lowest BCUT2D eigenvalue weighted by Gasteiger charge is -2.39. The van der Waals surface area contributed by atoms with Crippen molar-refractivity contribution >= 4 is 32.7 Å². The Morgan fingerprint density at radius 1 is 1.19 bits per heavy atom. The average Bonchev–Trinajstić information content (AvgIpc) is 3.04. The topological polar surface area (TPSA) is 81.5 Å². The van der Waals surface area contributed by atoms with Gasteiger partial charge in [-0.1, -0.05) is 12.1 Å². The molecule has 4 rings (SSSR count). The summed E-state index contributed by atoms with van der Waals surface area (Å²) in [5.74, 6) is 0.311. The maximum absolute atomic E-state index is 13.2. The smallest absolute Gasteiger partial charge is 0.269 e. The van der Waals surface area contributed by atoms with Gasteiger partial charge in [-0.15, -0.1) is 0 Å². The lowest BCUT2D eigenvalue weighted by Crippen LogP contribution is -2.48. The fourth-order valence-corrected chi connectivity index (χ4v) is 4.59. The highest BCUT2D eigenvalue weighted by atomic mass is 32.2. The molecule has 0 fully saturated rings. The van der Waals surface area contributed by atoms with E-state index in [4.69, 9.17) is 4.74 Å². The zero-order chi connectivity index (χ0) is 19.4. The molecule has 0 radical (unpaired) electrons. The number of anilines is 1. The van der Waals surface area contributed by atoms with Gasteiger partial charge in [-0.3, -0.25) is 4.79 Å². The van der Waals surface area contributed by atoms with Crippen LogP contribution in [0, 0.1) is 0 Å². The van der Waals surface area contributed by atoms with Crippen molar-refractivity contribution in [3.05, 3.63) is 48.8 Å². The van der Waals surface area contributed by atoms with E-state index in [-0.39, 0.29) is 10.8 Å². The zero-order valence-corrected chi connectivity index (χ0v) is 16.0. The van der Waals surface area contributed by atoms with Crippen molar-refractivity contribution in [3.63, 3.8) is 0 Å². The molecule has 0 saturated heterocycles. The maximum Gasteiger partial charge on any atom is 0.269 e. The zero-order valence-electron chi connectivity index (χ0n) is 15.2. The van der Waals surface area contributed by atoms with E-state index in [0.717, 1.165) is 3.97 Å². The first-order chi connectivity index (χ1) is 12.7. The Bertz CT molecular complexity index is 1160. The van der Waals surface area contributed by atoms with Crippen molar-refractivity contribution < 1.29 is 17.9 Å². The van der Waals surface area contributed by atoms with Gasteiger partial charge in [0.25, 0.3) is 10.0 Å². The van der Waals surface area contributed by atoms with Crippen molar-refractivity contribution in [2.45, 2.75) is 31.3 Å². The first-order valence-electron chi connectivity index (χ1n) is 8.48. The molecule has 2 heterocycles. The number of para-hydroxylation sites is 2. The number of fused-ring (bicyclic) bond motifs is 2. The molecular weight excluding hydrogens is 366 g/mol. The molecule has 0 spiro atoms. The highest BCUT2D eigenvalue weighted by Crippen LogP contribution is 2.39. The Hall–Kier alpha value is -2.87. The molecule has 0 bridgehead atoms. The molecule has 3 aromatic rings. The summed E-state index contributed by atoms with van der Waals surface area (Å²) in [4.78, 5) is 17.9. The number of hydrogen-bond donors (Lipinski definition) is 0. The van der Waals surface area contributed by atoms with Crippen molar-refractivity contribution in [2.24, 2.45) is 0 Å². The minimum Gasteiger partial charge on any atom is -0.484 e. The third-order valence-corrected chi connectivity index (χ3v) is 6.16. The molecule has 0 N–H and O–H groups in total. The van der Waals surface area contributed by atoms with Crippen LogP contribution < -0.4 is 9.64 Å². The molecule has 1 aliphatic rings. The minimum atomic E-state index is -3.87. The molecule has 0 atom stereocenters. The Balaban J connectivity index is 1.86. The van der Waals surface area contributed by atoms with Gasteiger partial charge in [-0.05, 0) is 44.2 Å². The van der Waals surface area contributed by atoms with Gasteiger partial charge in [0.2, 0.25) is 5.91 Å². The van der Waals surface area contributed by atoms with Crippen LogP contribution >= 0.6 is 0 Å². The number of nitrogens with zero attached hydrogens (tertiary/aromatic N) is 3. The van der Waals surface area contributed by atoms with E-state index >= 15 is 0 Å². The van der Waals surface area contributed by atoms with Crippen molar-refractivity contribution in [3.8, 4) is 5.75 Å². The lowest BCUT2D eigenvalue weighted by atomic mass is 10.1. The second kappa shape index (κ2) is 5.82. The van der Waals surface area contributed by atoms with E-state index in [0.29, 0.717) is 29.0 Å². The standard InChI is InChI=1S/C19H19N3O4S/c1-13(23)21-11-19(2,3)26-18-9-8-14(10-17(18)21)27(24,25)22-12-20-15-6-4-5-7-16(15)22/h4-10,12H,11H2,1-3H3. The average molecular weight is 385 g/mol. The Kier molecular flexibility index (Phi) is 3.78. The van der Waals surface area contributed by atoms with Gasteiger partial charge in [0.15, 0.2) is 0 Å². The molecule has 8 heteroatoms. The highest BCUT2D eigenvalue weighted by molar-refractivity contribution is 7.90. The second-order valence-corrected chi connectivity index (χ2v) is 8.95. The number of benzene rings is 2. The number of imidazole rings is 1. The summed E-state index contributed by atoms with van der Waals surface area (Å²) in [7, 11) is -3.87. The summed E-state index contributed by atoms with van der Waals surface area (Å²) in [6.45, 7) is 5.56. The normalized spacial score (nSPS) is 16.0. The van der Waals surface area contributed by atoms with Gasteiger partial charge in [0.05, 0.1) is 28.2 Å². The van der Waals surface area contributed by atoms with Crippen LogP contribution in [0.2, 0.25) is 0 Å². The van der Waals surface area contributed by atoms with Gasteiger partial charge in [0.1, 0.15) is 17.7 Å². The third-order valence-electron chi connectivity index (χ3n) is 4.50.